The highest BCUT2D eigenvalue weighted by Crippen LogP contribution is 2.37. The molecule has 0 spiro atoms. The van der Waals surface area contributed by atoms with Crippen molar-refractivity contribution in [2.24, 2.45) is 5.92 Å². The Morgan fingerprint density at radius 1 is 1.19 bits per heavy atom. The molecule has 7 nitrogen and oxygen atoms in total. The van der Waals surface area contributed by atoms with E-state index in [0.29, 0.717) is 36.3 Å². The molecule has 2 aromatic rings. The number of alkyl halides is 3. The number of amides is 1. The van der Waals surface area contributed by atoms with Crippen LogP contribution in [0.15, 0.2) is 30.3 Å². The van der Waals surface area contributed by atoms with Crippen LogP contribution in [0.4, 0.5) is 18.0 Å². The van der Waals surface area contributed by atoms with E-state index in [1.807, 2.05) is 13.2 Å². The van der Waals surface area contributed by atoms with Crippen LogP contribution < -0.4 is 5.32 Å². The monoisotopic (exact) mass is 539 g/mol. The zero-order chi connectivity index (χ0) is 27.4. The number of carbonyl (C=O) groups is 2. The molecule has 0 fully saturated rings. The quantitative estimate of drug-likeness (QED) is 0.433. The van der Waals surface area contributed by atoms with Crippen LogP contribution >= 0.6 is 11.8 Å². The van der Waals surface area contributed by atoms with Gasteiger partial charge in [-0.3, -0.25) is 0 Å². The summed E-state index contributed by atoms with van der Waals surface area (Å²) in [5, 5.41) is 11.0. The molecule has 37 heavy (non-hydrogen) atoms. The van der Waals surface area contributed by atoms with Gasteiger partial charge in [0.1, 0.15) is 17.7 Å². The summed E-state index contributed by atoms with van der Waals surface area (Å²) < 4.78 is 50.8. The first-order chi connectivity index (χ1) is 17.3. The molecule has 11 heteroatoms. The minimum Gasteiger partial charge on any atom is -0.456 e. The maximum absolute atomic E-state index is 13.2. The van der Waals surface area contributed by atoms with Gasteiger partial charge in [0.15, 0.2) is 0 Å². The van der Waals surface area contributed by atoms with Crippen molar-refractivity contribution in [2.45, 2.75) is 70.9 Å². The summed E-state index contributed by atoms with van der Waals surface area (Å²) in [5.74, 6) is 0.142. The molecule has 2 unspecified atom stereocenters. The Kier molecular flexibility index (Phi) is 9.09. The van der Waals surface area contributed by atoms with E-state index in [4.69, 9.17) is 9.47 Å². The Balaban J connectivity index is 1.86. The van der Waals surface area contributed by atoms with Crippen molar-refractivity contribution < 1.29 is 32.2 Å². The summed E-state index contributed by atoms with van der Waals surface area (Å²) in [6.07, 6.45) is -2.53. The maximum Gasteiger partial charge on any atom is 0.416 e. The third-order valence-corrected chi connectivity index (χ3v) is 6.38. The molecule has 1 N–H and O–H groups in total. The molecule has 1 aliphatic rings. The summed E-state index contributed by atoms with van der Waals surface area (Å²) in [6, 6.07) is 5.58. The van der Waals surface area contributed by atoms with Crippen molar-refractivity contribution in [3.05, 3.63) is 47.2 Å². The van der Waals surface area contributed by atoms with Crippen molar-refractivity contribution in [2.75, 3.05) is 12.0 Å². The third kappa shape index (κ3) is 8.08. The minimum atomic E-state index is -4.49. The molecule has 1 aromatic carbocycles. The number of halogens is 3. The van der Waals surface area contributed by atoms with E-state index in [0.717, 1.165) is 12.1 Å². The number of alkyl carbamates (subject to hydrolysis) is 1. The van der Waals surface area contributed by atoms with Crippen molar-refractivity contribution in [3.63, 3.8) is 0 Å². The topological polar surface area (TPSA) is 90.4 Å². The molecule has 0 aliphatic heterocycles. The SMILES string of the molecule is CSCC[C@H](NC(=O)OC(C)(C)C)C(=O)OC1CC(C)Cc2nnc(-c3cccc(C(F)(F)F)c3)cc21. The molecule has 0 saturated heterocycles. The normalized spacial score (nSPS) is 18.5. The van der Waals surface area contributed by atoms with Gasteiger partial charge in [-0.05, 0) is 76.2 Å². The van der Waals surface area contributed by atoms with E-state index in [-0.39, 0.29) is 17.2 Å². The van der Waals surface area contributed by atoms with Gasteiger partial charge in [0.2, 0.25) is 0 Å². The van der Waals surface area contributed by atoms with Crippen molar-refractivity contribution in [1.82, 2.24) is 15.5 Å². The van der Waals surface area contributed by atoms with Crippen molar-refractivity contribution in [1.29, 1.82) is 0 Å². The van der Waals surface area contributed by atoms with Crippen LogP contribution in [-0.4, -0.2) is 45.9 Å². The number of rotatable bonds is 7. The lowest BCUT2D eigenvalue weighted by Crippen LogP contribution is -2.45. The van der Waals surface area contributed by atoms with Gasteiger partial charge in [0, 0.05) is 11.1 Å². The average Bonchev–Trinajstić information content (AvgIpc) is 2.79. The highest BCUT2D eigenvalue weighted by molar-refractivity contribution is 7.98. The molecule has 0 bridgehead atoms. The lowest BCUT2D eigenvalue weighted by Gasteiger charge is -2.30. The second-order valence-corrected chi connectivity index (χ2v) is 11.1. The number of benzene rings is 1. The molecule has 3 atom stereocenters. The van der Waals surface area contributed by atoms with E-state index in [2.05, 4.69) is 15.5 Å². The number of hydrogen-bond donors (Lipinski definition) is 1. The van der Waals surface area contributed by atoms with Crippen LogP contribution in [0.25, 0.3) is 11.3 Å². The maximum atomic E-state index is 13.2. The van der Waals surface area contributed by atoms with Crippen LogP contribution in [-0.2, 0) is 26.9 Å². The molecule has 1 heterocycles. The average molecular weight is 540 g/mol. The Labute approximate surface area is 218 Å². The molecular formula is C26H32F3N3O4S. The number of aromatic nitrogens is 2. The van der Waals surface area contributed by atoms with Crippen molar-refractivity contribution >= 4 is 23.8 Å². The van der Waals surface area contributed by atoms with Crippen LogP contribution in [0.1, 0.15) is 63.5 Å². The fourth-order valence-electron chi connectivity index (χ4n) is 4.04. The first-order valence-corrected chi connectivity index (χ1v) is 13.4. The second-order valence-electron chi connectivity index (χ2n) is 10.2. The number of thioether (sulfide) groups is 1. The fourth-order valence-corrected chi connectivity index (χ4v) is 4.51. The predicted octanol–water partition coefficient (Wildman–Crippen LogP) is 5.98. The first-order valence-electron chi connectivity index (χ1n) is 12.0. The van der Waals surface area contributed by atoms with E-state index < -0.39 is 41.5 Å². The Morgan fingerprint density at radius 2 is 1.92 bits per heavy atom. The van der Waals surface area contributed by atoms with Crippen LogP contribution in [0.5, 0.6) is 0 Å². The van der Waals surface area contributed by atoms with Gasteiger partial charge >= 0.3 is 18.2 Å². The molecule has 1 amide bonds. The molecular weight excluding hydrogens is 507 g/mol. The Bertz CT molecular complexity index is 1120. The molecule has 3 rings (SSSR count). The Morgan fingerprint density at radius 3 is 2.57 bits per heavy atom. The summed E-state index contributed by atoms with van der Waals surface area (Å²) in [7, 11) is 0. The zero-order valence-corrected chi connectivity index (χ0v) is 22.3. The smallest absolute Gasteiger partial charge is 0.416 e. The molecule has 1 aliphatic carbocycles. The van der Waals surface area contributed by atoms with Gasteiger partial charge in [0.05, 0.1) is 17.0 Å². The number of esters is 1. The van der Waals surface area contributed by atoms with E-state index in [9.17, 15) is 22.8 Å². The Hall–Kier alpha value is -2.82. The molecule has 1 aromatic heterocycles. The van der Waals surface area contributed by atoms with E-state index >= 15 is 0 Å². The van der Waals surface area contributed by atoms with E-state index in [1.54, 1.807) is 26.8 Å². The van der Waals surface area contributed by atoms with Gasteiger partial charge < -0.3 is 14.8 Å². The summed E-state index contributed by atoms with van der Waals surface area (Å²) >= 11 is 1.53. The van der Waals surface area contributed by atoms with Crippen LogP contribution in [0.2, 0.25) is 0 Å². The summed E-state index contributed by atoms with van der Waals surface area (Å²) in [4.78, 5) is 25.5. The van der Waals surface area contributed by atoms with Gasteiger partial charge in [0.25, 0.3) is 0 Å². The predicted molar refractivity (Wildman–Crippen MR) is 135 cm³/mol. The van der Waals surface area contributed by atoms with Gasteiger partial charge in [-0.1, -0.05) is 19.1 Å². The third-order valence-electron chi connectivity index (χ3n) is 5.74. The second kappa shape index (κ2) is 11.7. The van der Waals surface area contributed by atoms with Crippen LogP contribution in [0, 0.1) is 5.92 Å². The number of nitrogens with one attached hydrogen (secondary N) is 1. The molecule has 0 saturated carbocycles. The standard InChI is InChI=1S/C26H32F3N3O4S/c1-15-11-21-18(14-20(31-32-21)16-7-6-8-17(13-16)26(27,28)29)22(12-15)35-23(33)19(9-10-37-5)30-24(34)36-25(2,3)4/h6-8,13-15,19,22H,9-12H2,1-5H3,(H,30,34)/t15?,19-,22?/m0/s1. The number of hydrogen-bond acceptors (Lipinski definition) is 7. The highest BCUT2D eigenvalue weighted by atomic mass is 32.2. The molecule has 0 radical (unpaired) electrons. The number of ether oxygens (including phenoxy) is 2. The minimum absolute atomic E-state index is 0.141. The lowest BCUT2D eigenvalue weighted by atomic mass is 9.85. The highest BCUT2D eigenvalue weighted by Gasteiger charge is 2.34. The lowest BCUT2D eigenvalue weighted by molar-refractivity contribution is -0.153. The summed E-state index contributed by atoms with van der Waals surface area (Å²) in [5.41, 5.74) is 0.243. The van der Waals surface area contributed by atoms with E-state index in [1.165, 1.54) is 23.9 Å². The molecule has 202 valence electrons. The summed E-state index contributed by atoms with van der Waals surface area (Å²) in [6.45, 7) is 7.18. The first kappa shape index (κ1) is 28.7. The van der Waals surface area contributed by atoms with Crippen molar-refractivity contribution in [3.8, 4) is 11.3 Å². The number of nitrogens with zero attached hydrogens (tertiary/aromatic N) is 2. The van der Waals surface area contributed by atoms with Gasteiger partial charge in [-0.15, -0.1) is 0 Å². The number of carbonyl (C=O) groups excluding carboxylic acids is 2. The van der Waals surface area contributed by atoms with Gasteiger partial charge in [-0.2, -0.15) is 35.1 Å². The fraction of sp³-hybridized carbons (Fsp3) is 0.538. The zero-order valence-electron chi connectivity index (χ0n) is 21.5. The number of fused-ring (bicyclic) bond motifs is 1. The largest absolute Gasteiger partial charge is 0.456 e. The van der Waals surface area contributed by atoms with Crippen LogP contribution in [0.3, 0.4) is 0 Å². The van der Waals surface area contributed by atoms with Gasteiger partial charge in [-0.25, -0.2) is 9.59 Å².